The Hall–Kier alpha value is -3.34. The minimum absolute atomic E-state index is 0.132. The first-order valence-electron chi connectivity index (χ1n) is 10.0. The standard InChI is InChI=1S/C24H22N2O3/c27-23(17-4-2-1-3-5-17)25-20-10-8-16(9-11-20)22-14-19-15-26(13-12-21(19)29-22)24(28)18-6-7-18/h1-5,8-11,14,18H,6-7,12-13,15H2,(H,25,27). The van der Waals surface area contributed by atoms with E-state index in [-0.39, 0.29) is 17.7 Å². The summed E-state index contributed by atoms with van der Waals surface area (Å²) in [6, 6.07) is 18.8. The highest BCUT2D eigenvalue weighted by Crippen LogP contribution is 2.35. The van der Waals surface area contributed by atoms with E-state index in [0.29, 0.717) is 12.1 Å². The number of nitrogens with zero attached hydrogens (tertiary/aromatic N) is 1. The Kier molecular flexibility index (Phi) is 4.43. The van der Waals surface area contributed by atoms with E-state index in [9.17, 15) is 9.59 Å². The third-order valence-corrected chi connectivity index (χ3v) is 5.57. The molecule has 2 amide bonds. The zero-order valence-electron chi connectivity index (χ0n) is 16.1. The van der Waals surface area contributed by atoms with E-state index in [4.69, 9.17) is 4.42 Å². The van der Waals surface area contributed by atoms with Crippen LogP contribution in [0.15, 0.2) is 65.1 Å². The van der Waals surface area contributed by atoms with Gasteiger partial charge < -0.3 is 14.6 Å². The molecule has 1 aliphatic heterocycles. The number of benzene rings is 2. The van der Waals surface area contributed by atoms with Crippen molar-refractivity contribution in [2.45, 2.75) is 25.8 Å². The van der Waals surface area contributed by atoms with Crippen molar-refractivity contribution in [2.75, 3.05) is 11.9 Å². The molecular weight excluding hydrogens is 364 g/mol. The van der Waals surface area contributed by atoms with Crippen molar-refractivity contribution in [2.24, 2.45) is 5.92 Å². The SMILES string of the molecule is O=C(Nc1ccc(-c2cc3c(o2)CCN(C(=O)C2CC2)C3)cc1)c1ccccc1. The van der Waals surface area contributed by atoms with Crippen molar-refractivity contribution in [3.8, 4) is 11.3 Å². The monoisotopic (exact) mass is 386 g/mol. The maximum absolute atomic E-state index is 12.3. The molecule has 1 aliphatic carbocycles. The van der Waals surface area contributed by atoms with Crippen molar-refractivity contribution in [1.29, 1.82) is 0 Å². The molecule has 5 nitrogen and oxygen atoms in total. The van der Waals surface area contributed by atoms with Crippen LogP contribution in [0.3, 0.4) is 0 Å². The molecule has 2 heterocycles. The molecule has 0 atom stereocenters. The van der Waals surface area contributed by atoms with Crippen LogP contribution in [-0.4, -0.2) is 23.3 Å². The number of furan rings is 1. The van der Waals surface area contributed by atoms with Gasteiger partial charge in [0.1, 0.15) is 11.5 Å². The van der Waals surface area contributed by atoms with Crippen molar-refractivity contribution >= 4 is 17.5 Å². The summed E-state index contributed by atoms with van der Waals surface area (Å²) in [5.74, 6) is 2.18. The summed E-state index contributed by atoms with van der Waals surface area (Å²) < 4.78 is 6.06. The number of nitrogens with one attached hydrogen (secondary N) is 1. The number of amides is 2. The highest BCUT2D eigenvalue weighted by Gasteiger charge is 2.35. The van der Waals surface area contributed by atoms with Crippen molar-refractivity contribution < 1.29 is 14.0 Å². The van der Waals surface area contributed by atoms with Crippen LogP contribution in [-0.2, 0) is 17.8 Å². The van der Waals surface area contributed by atoms with Crippen molar-refractivity contribution in [3.05, 3.63) is 77.6 Å². The maximum atomic E-state index is 12.3. The molecule has 0 unspecified atom stereocenters. The first-order valence-corrected chi connectivity index (χ1v) is 10.0. The second-order valence-electron chi connectivity index (χ2n) is 7.74. The van der Waals surface area contributed by atoms with Crippen LogP contribution in [0.25, 0.3) is 11.3 Å². The Bertz CT molecular complexity index is 1050. The fourth-order valence-electron chi connectivity index (χ4n) is 3.76. The molecule has 2 aromatic carbocycles. The minimum Gasteiger partial charge on any atom is -0.461 e. The smallest absolute Gasteiger partial charge is 0.255 e. The van der Waals surface area contributed by atoms with Crippen LogP contribution < -0.4 is 5.32 Å². The zero-order valence-corrected chi connectivity index (χ0v) is 16.1. The van der Waals surface area contributed by atoms with Crippen LogP contribution >= 0.6 is 0 Å². The molecule has 29 heavy (non-hydrogen) atoms. The average Bonchev–Trinajstić information content (AvgIpc) is 3.52. The molecule has 3 aromatic rings. The first-order chi connectivity index (χ1) is 14.2. The van der Waals surface area contributed by atoms with E-state index in [2.05, 4.69) is 5.32 Å². The normalized spacial score (nSPS) is 15.7. The molecule has 146 valence electrons. The van der Waals surface area contributed by atoms with Crippen LogP contribution in [0, 0.1) is 5.92 Å². The summed E-state index contributed by atoms with van der Waals surface area (Å²) in [5, 5.41) is 2.91. The lowest BCUT2D eigenvalue weighted by Gasteiger charge is -2.26. The van der Waals surface area contributed by atoms with Gasteiger partial charge >= 0.3 is 0 Å². The van der Waals surface area contributed by atoms with Gasteiger partial charge in [-0.3, -0.25) is 9.59 Å². The molecule has 1 saturated carbocycles. The van der Waals surface area contributed by atoms with E-state index in [1.54, 1.807) is 12.1 Å². The van der Waals surface area contributed by atoms with Gasteiger partial charge in [0.2, 0.25) is 5.91 Å². The molecule has 0 bridgehead atoms. The van der Waals surface area contributed by atoms with Gasteiger partial charge in [-0.15, -0.1) is 0 Å². The van der Waals surface area contributed by atoms with Crippen LogP contribution in [0.4, 0.5) is 5.69 Å². The molecule has 5 heteroatoms. The number of anilines is 1. The summed E-state index contributed by atoms with van der Waals surface area (Å²) in [6.07, 6.45) is 2.83. The predicted octanol–water partition coefficient (Wildman–Crippen LogP) is 4.49. The zero-order chi connectivity index (χ0) is 19.8. The van der Waals surface area contributed by atoms with Gasteiger partial charge in [0.25, 0.3) is 5.91 Å². The Morgan fingerprint density at radius 2 is 1.76 bits per heavy atom. The lowest BCUT2D eigenvalue weighted by molar-refractivity contribution is -0.133. The second kappa shape index (κ2) is 7.24. The van der Waals surface area contributed by atoms with E-state index in [1.165, 1.54) is 0 Å². The van der Waals surface area contributed by atoms with Crippen LogP contribution in [0.1, 0.15) is 34.5 Å². The largest absolute Gasteiger partial charge is 0.461 e. The number of carbonyl (C=O) groups excluding carboxylic acids is 2. The predicted molar refractivity (Wildman–Crippen MR) is 110 cm³/mol. The minimum atomic E-state index is -0.132. The summed E-state index contributed by atoms with van der Waals surface area (Å²) in [6.45, 7) is 1.37. The molecule has 5 rings (SSSR count). The highest BCUT2D eigenvalue weighted by molar-refractivity contribution is 6.04. The molecule has 1 aromatic heterocycles. The number of rotatable bonds is 4. The second-order valence-corrected chi connectivity index (χ2v) is 7.74. The number of hydrogen-bond acceptors (Lipinski definition) is 3. The highest BCUT2D eigenvalue weighted by atomic mass is 16.3. The molecule has 0 spiro atoms. The van der Waals surface area contributed by atoms with Crippen molar-refractivity contribution in [3.63, 3.8) is 0 Å². The lowest BCUT2D eigenvalue weighted by atomic mass is 10.1. The van der Waals surface area contributed by atoms with E-state index in [1.807, 2.05) is 53.4 Å². The maximum Gasteiger partial charge on any atom is 0.255 e. The quantitative estimate of drug-likeness (QED) is 0.718. The van der Waals surface area contributed by atoms with Crippen LogP contribution in [0.2, 0.25) is 0 Å². The van der Waals surface area contributed by atoms with Gasteiger partial charge in [0.15, 0.2) is 0 Å². The number of carbonyl (C=O) groups is 2. The number of hydrogen-bond donors (Lipinski definition) is 1. The summed E-state index contributed by atoms with van der Waals surface area (Å²) in [7, 11) is 0. The topological polar surface area (TPSA) is 62.6 Å². The first kappa shape index (κ1) is 17.7. The Labute approximate surface area is 169 Å². The van der Waals surface area contributed by atoms with Gasteiger partial charge in [0, 0.05) is 47.8 Å². The molecule has 1 N–H and O–H groups in total. The third kappa shape index (κ3) is 3.68. The van der Waals surface area contributed by atoms with Gasteiger partial charge in [-0.1, -0.05) is 18.2 Å². The third-order valence-electron chi connectivity index (χ3n) is 5.57. The lowest BCUT2D eigenvalue weighted by Crippen LogP contribution is -2.36. The summed E-state index contributed by atoms with van der Waals surface area (Å²) >= 11 is 0. The molecule has 0 radical (unpaired) electrons. The van der Waals surface area contributed by atoms with Crippen molar-refractivity contribution in [1.82, 2.24) is 4.90 Å². The van der Waals surface area contributed by atoms with Gasteiger partial charge in [-0.05, 0) is 55.3 Å². The van der Waals surface area contributed by atoms with E-state index >= 15 is 0 Å². The van der Waals surface area contributed by atoms with E-state index in [0.717, 1.165) is 54.1 Å². The van der Waals surface area contributed by atoms with Gasteiger partial charge in [0.05, 0.1) is 0 Å². The number of fused-ring (bicyclic) bond motifs is 1. The average molecular weight is 386 g/mol. The fourth-order valence-corrected chi connectivity index (χ4v) is 3.76. The summed E-state index contributed by atoms with van der Waals surface area (Å²) in [4.78, 5) is 26.6. The van der Waals surface area contributed by atoms with E-state index < -0.39 is 0 Å². The van der Waals surface area contributed by atoms with Crippen LogP contribution in [0.5, 0.6) is 0 Å². The molecule has 2 aliphatic rings. The molecular formula is C24H22N2O3. The Balaban J connectivity index is 1.28. The fraction of sp³-hybridized carbons (Fsp3) is 0.250. The molecule has 0 saturated heterocycles. The summed E-state index contributed by atoms with van der Waals surface area (Å²) in [5.41, 5.74) is 3.42. The molecule has 1 fully saturated rings. The Morgan fingerprint density at radius 1 is 1.00 bits per heavy atom. The van der Waals surface area contributed by atoms with Gasteiger partial charge in [-0.25, -0.2) is 0 Å². The van der Waals surface area contributed by atoms with Gasteiger partial charge in [-0.2, -0.15) is 0 Å². The Morgan fingerprint density at radius 3 is 2.48 bits per heavy atom.